The van der Waals surface area contributed by atoms with Gasteiger partial charge in [-0.3, -0.25) is 9.59 Å². The molecule has 2 rings (SSSR count). The molecule has 0 bridgehead atoms. The molecule has 1 N–H and O–H groups in total. The number of carbonyl (C=O) groups is 2. The topological polar surface area (TPSA) is 64.6 Å². The van der Waals surface area contributed by atoms with E-state index in [9.17, 15) is 9.59 Å². The molecule has 20 heavy (non-hydrogen) atoms. The van der Waals surface area contributed by atoms with E-state index in [1.807, 2.05) is 0 Å². The van der Waals surface area contributed by atoms with Crippen LogP contribution in [0.2, 0.25) is 0 Å². The van der Waals surface area contributed by atoms with Gasteiger partial charge in [0.1, 0.15) is 0 Å². The predicted molar refractivity (Wildman–Crippen MR) is 74.1 cm³/mol. The van der Waals surface area contributed by atoms with E-state index in [1.54, 1.807) is 0 Å². The third-order valence-corrected chi connectivity index (χ3v) is 4.08. The summed E-state index contributed by atoms with van der Waals surface area (Å²) in [6, 6.07) is 0.247. The second kappa shape index (κ2) is 8.25. The minimum atomic E-state index is -0.310. The highest BCUT2D eigenvalue weighted by molar-refractivity contribution is 5.81. The molecule has 1 aliphatic carbocycles. The number of rotatable bonds is 4. The SMILES string of the molecule is O=C(COC(=O)C1CCOC1)NC1CCCCCCC1. The highest BCUT2D eigenvalue weighted by atomic mass is 16.5. The maximum absolute atomic E-state index is 11.8. The number of nitrogens with one attached hydrogen (secondary N) is 1. The van der Waals surface area contributed by atoms with Gasteiger partial charge in [0.15, 0.2) is 6.61 Å². The molecule has 1 aliphatic heterocycles. The largest absolute Gasteiger partial charge is 0.455 e. The molecule has 0 spiro atoms. The van der Waals surface area contributed by atoms with E-state index in [0.29, 0.717) is 19.6 Å². The Kier molecular flexibility index (Phi) is 6.30. The van der Waals surface area contributed by atoms with Crippen LogP contribution in [0.15, 0.2) is 0 Å². The summed E-state index contributed by atoms with van der Waals surface area (Å²) < 4.78 is 10.2. The average molecular weight is 283 g/mol. The zero-order chi connectivity index (χ0) is 14.2. The summed E-state index contributed by atoms with van der Waals surface area (Å²) in [6.45, 7) is 0.864. The highest BCUT2D eigenvalue weighted by Gasteiger charge is 2.25. The fourth-order valence-corrected chi connectivity index (χ4v) is 2.84. The molecule has 1 atom stereocenters. The molecule has 0 aromatic carbocycles. The molecule has 0 aromatic rings. The van der Waals surface area contributed by atoms with Crippen molar-refractivity contribution in [3.8, 4) is 0 Å². The second-order valence-electron chi connectivity index (χ2n) is 5.78. The van der Waals surface area contributed by atoms with Gasteiger partial charge in [-0.25, -0.2) is 0 Å². The summed E-state index contributed by atoms with van der Waals surface area (Å²) in [7, 11) is 0. The maximum Gasteiger partial charge on any atom is 0.311 e. The number of carbonyl (C=O) groups excluding carboxylic acids is 2. The molecular weight excluding hydrogens is 258 g/mol. The van der Waals surface area contributed by atoms with Crippen LogP contribution < -0.4 is 5.32 Å². The zero-order valence-electron chi connectivity index (χ0n) is 12.1. The molecule has 1 amide bonds. The number of hydrogen-bond acceptors (Lipinski definition) is 4. The van der Waals surface area contributed by atoms with Crippen molar-refractivity contribution in [1.82, 2.24) is 5.32 Å². The van der Waals surface area contributed by atoms with E-state index >= 15 is 0 Å². The van der Waals surface area contributed by atoms with Crippen LogP contribution in [0.3, 0.4) is 0 Å². The van der Waals surface area contributed by atoms with Crippen molar-refractivity contribution in [1.29, 1.82) is 0 Å². The lowest BCUT2D eigenvalue weighted by Gasteiger charge is -2.21. The van der Waals surface area contributed by atoms with E-state index in [2.05, 4.69) is 5.32 Å². The molecule has 0 radical (unpaired) electrons. The summed E-state index contributed by atoms with van der Waals surface area (Å²) in [5.74, 6) is -0.678. The Morgan fingerprint density at radius 1 is 1.05 bits per heavy atom. The predicted octanol–water partition coefficient (Wildman–Crippen LogP) is 1.80. The Labute approximate surface area is 120 Å². The standard InChI is InChI=1S/C15H25NO4/c17-14(11-20-15(18)12-8-9-19-10-12)16-13-6-4-2-1-3-5-7-13/h12-13H,1-11H2,(H,16,17). The van der Waals surface area contributed by atoms with Crippen LogP contribution in [0, 0.1) is 5.92 Å². The lowest BCUT2D eigenvalue weighted by atomic mass is 9.97. The summed E-state index contributed by atoms with van der Waals surface area (Å²) >= 11 is 0. The minimum absolute atomic E-state index is 0.161. The van der Waals surface area contributed by atoms with Gasteiger partial charge in [0.2, 0.25) is 0 Å². The first-order chi connectivity index (χ1) is 9.75. The first-order valence-corrected chi connectivity index (χ1v) is 7.79. The molecule has 1 saturated heterocycles. The van der Waals surface area contributed by atoms with Crippen molar-refractivity contribution < 1.29 is 19.1 Å². The normalized spacial score (nSPS) is 24.7. The number of ether oxygens (including phenoxy) is 2. The van der Waals surface area contributed by atoms with E-state index < -0.39 is 0 Å². The molecule has 1 heterocycles. The molecule has 5 nitrogen and oxygen atoms in total. The van der Waals surface area contributed by atoms with Crippen LogP contribution in [-0.2, 0) is 19.1 Å². The Morgan fingerprint density at radius 2 is 1.75 bits per heavy atom. The zero-order valence-corrected chi connectivity index (χ0v) is 12.1. The van der Waals surface area contributed by atoms with Gasteiger partial charge in [-0.05, 0) is 19.3 Å². The lowest BCUT2D eigenvalue weighted by molar-refractivity contribution is -0.152. The van der Waals surface area contributed by atoms with Gasteiger partial charge in [-0.1, -0.05) is 32.1 Å². The Morgan fingerprint density at radius 3 is 2.40 bits per heavy atom. The quantitative estimate of drug-likeness (QED) is 0.799. The molecule has 5 heteroatoms. The van der Waals surface area contributed by atoms with E-state index in [0.717, 1.165) is 12.8 Å². The van der Waals surface area contributed by atoms with Crippen LogP contribution in [0.5, 0.6) is 0 Å². The Bertz CT molecular complexity index is 318. The van der Waals surface area contributed by atoms with Crippen molar-refractivity contribution in [3.63, 3.8) is 0 Å². The summed E-state index contributed by atoms with van der Waals surface area (Å²) in [5.41, 5.74) is 0. The molecule has 1 unspecified atom stereocenters. The van der Waals surface area contributed by atoms with Gasteiger partial charge in [0.05, 0.1) is 12.5 Å². The molecule has 2 aliphatic rings. The third-order valence-electron chi connectivity index (χ3n) is 4.08. The minimum Gasteiger partial charge on any atom is -0.455 e. The van der Waals surface area contributed by atoms with Crippen molar-refractivity contribution in [2.75, 3.05) is 19.8 Å². The van der Waals surface area contributed by atoms with Gasteiger partial charge in [-0.15, -0.1) is 0 Å². The van der Waals surface area contributed by atoms with Crippen LogP contribution in [0.4, 0.5) is 0 Å². The number of esters is 1. The van der Waals surface area contributed by atoms with Crippen molar-refractivity contribution in [3.05, 3.63) is 0 Å². The van der Waals surface area contributed by atoms with Gasteiger partial charge in [0.25, 0.3) is 5.91 Å². The first kappa shape index (κ1) is 15.3. The monoisotopic (exact) mass is 283 g/mol. The summed E-state index contributed by atoms with van der Waals surface area (Å²) in [4.78, 5) is 23.5. The van der Waals surface area contributed by atoms with Crippen molar-refractivity contribution in [2.24, 2.45) is 5.92 Å². The molecule has 114 valence electrons. The first-order valence-electron chi connectivity index (χ1n) is 7.79. The molecule has 2 fully saturated rings. The van der Waals surface area contributed by atoms with E-state index in [1.165, 1.54) is 32.1 Å². The fourth-order valence-electron chi connectivity index (χ4n) is 2.84. The Balaban J connectivity index is 1.64. The van der Waals surface area contributed by atoms with Crippen molar-refractivity contribution in [2.45, 2.75) is 57.4 Å². The molecule has 1 saturated carbocycles. The second-order valence-corrected chi connectivity index (χ2v) is 5.78. The Hall–Kier alpha value is -1.10. The maximum atomic E-state index is 11.8. The van der Waals surface area contributed by atoms with Gasteiger partial charge in [0, 0.05) is 12.6 Å². The van der Waals surface area contributed by atoms with E-state index in [4.69, 9.17) is 9.47 Å². The van der Waals surface area contributed by atoms with Crippen LogP contribution in [0.1, 0.15) is 51.4 Å². The van der Waals surface area contributed by atoms with Gasteiger partial charge < -0.3 is 14.8 Å². The molecular formula is C15H25NO4. The fraction of sp³-hybridized carbons (Fsp3) is 0.867. The van der Waals surface area contributed by atoms with Crippen molar-refractivity contribution >= 4 is 11.9 Å². The summed E-state index contributed by atoms with van der Waals surface area (Å²) in [5, 5.41) is 2.99. The number of hydrogen-bond donors (Lipinski definition) is 1. The highest BCUT2D eigenvalue weighted by Crippen LogP contribution is 2.17. The van der Waals surface area contributed by atoms with E-state index in [-0.39, 0.29) is 30.4 Å². The lowest BCUT2D eigenvalue weighted by Crippen LogP contribution is -2.38. The third kappa shape index (κ3) is 5.12. The molecule has 0 aromatic heterocycles. The van der Waals surface area contributed by atoms with Crippen LogP contribution >= 0.6 is 0 Å². The van der Waals surface area contributed by atoms with Crippen LogP contribution in [-0.4, -0.2) is 37.7 Å². The van der Waals surface area contributed by atoms with Crippen LogP contribution in [0.25, 0.3) is 0 Å². The van der Waals surface area contributed by atoms with Gasteiger partial charge in [-0.2, -0.15) is 0 Å². The summed E-state index contributed by atoms with van der Waals surface area (Å²) in [6.07, 6.45) is 8.93. The van der Waals surface area contributed by atoms with Gasteiger partial charge >= 0.3 is 5.97 Å². The number of amides is 1. The average Bonchev–Trinajstić information content (AvgIpc) is 2.93. The smallest absolute Gasteiger partial charge is 0.311 e.